The van der Waals surface area contributed by atoms with Crippen LogP contribution in [0.25, 0.3) is 10.2 Å². The van der Waals surface area contributed by atoms with Gasteiger partial charge < -0.3 is 10.0 Å². The molecule has 1 fully saturated rings. The van der Waals surface area contributed by atoms with Crippen LogP contribution in [-0.2, 0) is 6.54 Å². The zero-order valence-electron chi connectivity index (χ0n) is 13.8. The molecule has 0 amide bonds. The number of rotatable bonds is 4. The largest absolute Gasteiger partial charge is 0.478 e. The molecule has 0 atom stereocenters. The first-order valence-corrected chi connectivity index (χ1v) is 9.16. The van der Waals surface area contributed by atoms with Crippen molar-refractivity contribution >= 4 is 32.7 Å². The lowest BCUT2D eigenvalue weighted by Crippen LogP contribution is -2.45. The van der Waals surface area contributed by atoms with Crippen molar-refractivity contribution in [2.45, 2.75) is 6.54 Å². The highest BCUT2D eigenvalue weighted by atomic mass is 32.1. The molecule has 25 heavy (non-hydrogen) atoms. The second kappa shape index (κ2) is 6.82. The number of carboxylic acids is 1. The van der Waals surface area contributed by atoms with Crippen LogP contribution in [0.3, 0.4) is 0 Å². The molecule has 1 aliphatic heterocycles. The minimum Gasteiger partial charge on any atom is -0.478 e. The number of aromatic nitrogens is 1. The molecule has 4 rings (SSSR count). The summed E-state index contributed by atoms with van der Waals surface area (Å²) >= 11 is 1.75. The number of carboxylic acid groups (broad SMARTS) is 1. The topological polar surface area (TPSA) is 56.7 Å². The molecule has 0 aliphatic carbocycles. The molecule has 2 heterocycles. The Morgan fingerprint density at radius 2 is 1.76 bits per heavy atom. The van der Waals surface area contributed by atoms with Crippen LogP contribution in [0.2, 0.25) is 0 Å². The van der Waals surface area contributed by atoms with Crippen molar-refractivity contribution in [3.63, 3.8) is 0 Å². The van der Waals surface area contributed by atoms with E-state index < -0.39 is 5.97 Å². The van der Waals surface area contributed by atoms with Gasteiger partial charge in [0.1, 0.15) is 0 Å². The number of hydrogen-bond donors (Lipinski definition) is 1. The Hall–Kier alpha value is -2.44. The van der Waals surface area contributed by atoms with Crippen molar-refractivity contribution in [2.24, 2.45) is 0 Å². The number of thiazole rings is 1. The van der Waals surface area contributed by atoms with Gasteiger partial charge in [-0.15, -0.1) is 0 Å². The minimum absolute atomic E-state index is 0.337. The maximum Gasteiger partial charge on any atom is 0.335 e. The van der Waals surface area contributed by atoms with Gasteiger partial charge in [-0.25, -0.2) is 9.78 Å². The molecule has 1 saturated heterocycles. The monoisotopic (exact) mass is 353 g/mol. The summed E-state index contributed by atoms with van der Waals surface area (Å²) in [5.41, 5.74) is 2.56. The minimum atomic E-state index is -0.879. The number of anilines is 1. The summed E-state index contributed by atoms with van der Waals surface area (Å²) in [7, 11) is 0. The van der Waals surface area contributed by atoms with E-state index in [1.807, 2.05) is 18.2 Å². The summed E-state index contributed by atoms with van der Waals surface area (Å²) in [6.07, 6.45) is 0. The van der Waals surface area contributed by atoms with Gasteiger partial charge >= 0.3 is 5.97 Å². The standard InChI is InChI=1S/C19H19N3O2S/c23-18(24)15-7-5-14(6-8-15)13-21-9-11-22(12-10-21)19-20-16-3-1-2-4-17(16)25-19/h1-8H,9-13H2,(H,23,24). The van der Waals surface area contributed by atoms with E-state index in [0.717, 1.165) is 48.9 Å². The molecule has 1 N–H and O–H groups in total. The second-order valence-electron chi connectivity index (χ2n) is 6.23. The molecule has 0 bridgehead atoms. The fraction of sp³-hybridized carbons (Fsp3) is 0.263. The number of benzene rings is 2. The molecule has 5 nitrogen and oxygen atoms in total. The Labute approximate surface area is 150 Å². The second-order valence-corrected chi connectivity index (χ2v) is 7.24. The van der Waals surface area contributed by atoms with Gasteiger partial charge in [-0.2, -0.15) is 0 Å². The van der Waals surface area contributed by atoms with Crippen LogP contribution in [0, 0.1) is 0 Å². The van der Waals surface area contributed by atoms with E-state index in [2.05, 4.69) is 28.0 Å². The highest BCUT2D eigenvalue weighted by Gasteiger charge is 2.20. The van der Waals surface area contributed by atoms with Crippen LogP contribution in [0.4, 0.5) is 5.13 Å². The summed E-state index contributed by atoms with van der Waals surface area (Å²) < 4.78 is 1.23. The van der Waals surface area contributed by atoms with E-state index in [4.69, 9.17) is 10.1 Å². The van der Waals surface area contributed by atoms with Gasteiger partial charge in [0, 0.05) is 32.7 Å². The van der Waals surface area contributed by atoms with Crippen molar-refractivity contribution < 1.29 is 9.90 Å². The summed E-state index contributed by atoms with van der Waals surface area (Å²) in [6.45, 7) is 4.75. The van der Waals surface area contributed by atoms with Crippen molar-refractivity contribution in [3.8, 4) is 0 Å². The molecule has 0 saturated carbocycles. The summed E-state index contributed by atoms with van der Waals surface area (Å²) in [5.74, 6) is -0.879. The Morgan fingerprint density at radius 1 is 1.04 bits per heavy atom. The van der Waals surface area contributed by atoms with Crippen molar-refractivity contribution in [1.29, 1.82) is 0 Å². The summed E-state index contributed by atoms with van der Waals surface area (Å²) in [5, 5.41) is 10.1. The van der Waals surface area contributed by atoms with Crippen molar-refractivity contribution in [2.75, 3.05) is 31.1 Å². The molecule has 0 radical (unpaired) electrons. The predicted octanol–water partition coefficient (Wildman–Crippen LogP) is 3.32. The predicted molar refractivity (Wildman–Crippen MR) is 101 cm³/mol. The summed E-state index contributed by atoms with van der Waals surface area (Å²) in [6, 6.07) is 15.4. The zero-order valence-corrected chi connectivity index (χ0v) is 14.6. The molecular formula is C19H19N3O2S. The normalized spacial score (nSPS) is 15.6. The lowest BCUT2D eigenvalue weighted by molar-refractivity contribution is 0.0697. The first-order chi connectivity index (χ1) is 12.2. The molecule has 0 unspecified atom stereocenters. The molecule has 0 spiro atoms. The number of fused-ring (bicyclic) bond motifs is 1. The molecular weight excluding hydrogens is 334 g/mol. The fourth-order valence-corrected chi connectivity index (χ4v) is 4.12. The molecule has 128 valence electrons. The van der Waals surface area contributed by atoms with E-state index in [-0.39, 0.29) is 0 Å². The number of piperazine rings is 1. The van der Waals surface area contributed by atoms with Gasteiger partial charge in [0.2, 0.25) is 0 Å². The SMILES string of the molecule is O=C(O)c1ccc(CN2CCN(c3nc4ccccc4s3)CC2)cc1. The van der Waals surface area contributed by atoms with Crippen LogP contribution in [0.1, 0.15) is 15.9 Å². The molecule has 1 aliphatic rings. The average Bonchev–Trinajstić information content (AvgIpc) is 3.07. The number of para-hydroxylation sites is 1. The van der Waals surface area contributed by atoms with E-state index in [9.17, 15) is 4.79 Å². The van der Waals surface area contributed by atoms with Crippen molar-refractivity contribution in [1.82, 2.24) is 9.88 Å². The Kier molecular flexibility index (Phi) is 4.38. The maximum atomic E-state index is 10.9. The molecule has 2 aromatic carbocycles. The smallest absolute Gasteiger partial charge is 0.335 e. The van der Waals surface area contributed by atoms with Crippen LogP contribution in [-0.4, -0.2) is 47.1 Å². The lowest BCUT2D eigenvalue weighted by atomic mass is 10.1. The van der Waals surface area contributed by atoms with Crippen LogP contribution in [0.5, 0.6) is 0 Å². The third-order valence-corrected chi connectivity index (χ3v) is 5.63. The quantitative estimate of drug-likeness (QED) is 0.780. The van der Waals surface area contributed by atoms with Gasteiger partial charge in [-0.3, -0.25) is 4.90 Å². The van der Waals surface area contributed by atoms with Crippen LogP contribution >= 0.6 is 11.3 Å². The number of aromatic carboxylic acids is 1. The average molecular weight is 353 g/mol. The van der Waals surface area contributed by atoms with Gasteiger partial charge in [-0.05, 0) is 29.8 Å². The third-order valence-electron chi connectivity index (χ3n) is 4.53. The first-order valence-electron chi connectivity index (χ1n) is 8.34. The molecule has 3 aromatic rings. The van der Waals surface area contributed by atoms with E-state index in [1.54, 1.807) is 23.5 Å². The highest BCUT2D eigenvalue weighted by molar-refractivity contribution is 7.22. The lowest BCUT2D eigenvalue weighted by Gasteiger charge is -2.34. The molecule has 1 aromatic heterocycles. The maximum absolute atomic E-state index is 10.9. The van der Waals surface area contributed by atoms with E-state index in [0.29, 0.717) is 5.56 Å². The van der Waals surface area contributed by atoms with Crippen LogP contribution in [0.15, 0.2) is 48.5 Å². The van der Waals surface area contributed by atoms with Gasteiger partial charge in [0.25, 0.3) is 0 Å². The number of carbonyl (C=O) groups is 1. The zero-order chi connectivity index (χ0) is 17.2. The first kappa shape index (κ1) is 16.1. The highest BCUT2D eigenvalue weighted by Crippen LogP contribution is 2.29. The Morgan fingerprint density at radius 3 is 2.44 bits per heavy atom. The van der Waals surface area contributed by atoms with E-state index >= 15 is 0 Å². The van der Waals surface area contributed by atoms with Crippen LogP contribution < -0.4 is 4.90 Å². The number of nitrogens with zero attached hydrogens (tertiary/aromatic N) is 3. The van der Waals surface area contributed by atoms with Crippen molar-refractivity contribution in [3.05, 3.63) is 59.7 Å². The summed E-state index contributed by atoms with van der Waals surface area (Å²) in [4.78, 5) is 20.4. The Balaban J connectivity index is 1.37. The number of hydrogen-bond acceptors (Lipinski definition) is 5. The van der Waals surface area contributed by atoms with Gasteiger partial charge in [-0.1, -0.05) is 35.6 Å². The molecule has 6 heteroatoms. The van der Waals surface area contributed by atoms with Gasteiger partial charge in [0.15, 0.2) is 5.13 Å². The van der Waals surface area contributed by atoms with Gasteiger partial charge in [0.05, 0.1) is 15.8 Å². The Bertz CT molecular complexity index is 850. The van der Waals surface area contributed by atoms with E-state index in [1.165, 1.54) is 4.70 Å². The fourth-order valence-electron chi connectivity index (χ4n) is 3.10. The third kappa shape index (κ3) is 3.50.